The van der Waals surface area contributed by atoms with Crippen molar-refractivity contribution in [3.63, 3.8) is 0 Å². The molecule has 1 atom stereocenters. The predicted molar refractivity (Wildman–Crippen MR) is 57.6 cm³/mol. The van der Waals surface area contributed by atoms with Gasteiger partial charge in [-0.05, 0) is 13.3 Å². The first-order chi connectivity index (χ1) is 8.15. The summed E-state index contributed by atoms with van der Waals surface area (Å²) in [4.78, 5) is 11.1. The number of halogens is 1. The van der Waals surface area contributed by atoms with Crippen LogP contribution < -0.4 is 5.32 Å². The summed E-state index contributed by atoms with van der Waals surface area (Å²) in [6.07, 6.45) is 0.217. The molecule has 1 unspecified atom stereocenters. The van der Waals surface area contributed by atoms with Gasteiger partial charge in [0, 0.05) is 19.2 Å². The SMILES string of the molecule is CCOC(=O)/C(=C/NCC(F)CCC#N)N=N. The Labute approximate surface area is 99.0 Å². The molecule has 0 aliphatic heterocycles. The highest BCUT2D eigenvalue weighted by atomic mass is 19.1. The molecule has 0 amide bonds. The number of ether oxygens (including phenoxy) is 1. The Bertz CT molecular complexity index is 325. The number of nitrogens with one attached hydrogen (secondary N) is 2. The smallest absolute Gasteiger partial charge is 0.360 e. The second kappa shape index (κ2) is 9.27. The van der Waals surface area contributed by atoms with Crippen LogP contribution in [0, 0.1) is 16.9 Å². The van der Waals surface area contributed by atoms with Crippen LogP contribution in [0.4, 0.5) is 4.39 Å². The van der Waals surface area contributed by atoms with Gasteiger partial charge in [-0.1, -0.05) is 0 Å². The van der Waals surface area contributed by atoms with Crippen LogP contribution in [0.2, 0.25) is 0 Å². The Morgan fingerprint density at radius 1 is 1.76 bits per heavy atom. The van der Waals surface area contributed by atoms with E-state index in [2.05, 4.69) is 15.2 Å². The summed E-state index contributed by atoms with van der Waals surface area (Å²) in [5.74, 6) is -0.734. The minimum atomic E-state index is -1.18. The van der Waals surface area contributed by atoms with Crippen LogP contribution in [0.1, 0.15) is 19.8 Å². The lowest BCUT2D eigenvalue weighted by molar-refractivity contribution is -0.138. The van der Waals surface area contributed by atoms with Crippen LogP contribution in [0.3, 0.4) is 0 Å². The van der Waals surface area contributed by atoms with Crippen molar-refractivity contribution in [1.82, 2.24) is 5.32 Å². The van der Waals surface area contributed by atoms with E-state index in [1.54, 1.807) is 6.92 Å². The summed E-state index contributed by atoms with van der Waals surface area (Å²) < 4.78 is 17.7. The van der Waals surface area contributed by atoms with Gasteiger partial charge in [-0.2, -0.15) is 5.26 Å². The normalized spacial score (nSPS) is 12.4. The highest BCUT2D eigenvalue weighted by Gasteiger charge is 2.10. The average Bonchev–Trinajstić information content (AvgIpc) is 2.32. The Hall–Kier alpha value is -1.97. The highest BCUT2D eigenvalue weighted by Crippen LogP contribution is 2.01. The summed E-state index contributed by atoms with van der Waals surface area (Å²) in [6.45, 7) is 1.77. The summed E-state index contributed by atoms with van der Waals surface area (Å²) >= 11 is 0. The van der Waals surface area contributed by atoms with Crippen molar-refractivity contribution in [2.75, 3.05) is 13.2 Å². The van der Waals surface area contributed by atoms with Crippen LogP contribution in [-0.4, -0.2) is 25.3 Å². The van der Waals surface area contributed by atoms with Gasteiger partial charge in [0.05, 0.1) is 12.7 Å². The van der Waals surface area contributed by atoms with Crippen LogP contribution >= 0.6 is 0 Å². The Morgan fingerprint density at radius 3 is 3.00 bits per heavy atom. The van der Waals surface area contributed by atoms with Crippen LogP contribution in [0.5, 0.6) is 0 Å². The van der Waals surface area contributed by atoms with Crippen molar-refractivity contribution < 1.29 is 13.9 Å². The molecule has 0 spiro atoms. The van der Waals surface area contributed by atoms with E-state index in [-0.39, 0.29) is 31.7 Å². The molecule has 0 fully saturated rings. The van der Waals surface area contributed by atoms with E-state index in [0.717, 1.165) is 6.20 Å². The largest absolute Gasteiger partial charge is 0.461 e. The molecular weight excluding hydrogens is 227 g/mol. The van der Waals surface area contributed by atoms with E-state index >= 15 is 0 Å². The van der Waals surface area contributed by atoms with E-state index < -0.39 is 12.1 Å². The first-order valence-electron chi connectivity index (χ1n) is 5.14. The number of nitriles is 1. The minimum absolute atomic E-state index is 0.0416. The molecule has 0 rings (SSSR count). The Kier molecular flexibility index (Phi) is 8.20. The molecule has 94 valence electrons. The topological polar surface area (TPSA) is 98.3 Å². The highest BCUT2D eigenvalue weighted by molar-refractivity contribution is 5.87. The first-order valence-corrected chi connectivity index (χ1v) is 5.14. The van der Waals surface area contributed by atoms with Crippen molar-refractivity contribution in [3.05, 3.63) is 11.9 Å². The van der Waals surface area contributed by atoms with Gasteiger partial charge in [-0.15, -0.1) is 5.11 Å². The van der Waals surface area contributed by atoms with E-state index in [4.69, 9.17) is 10.8 Å². The molecule has 6 nitrogen and oxygen atoms in total. The number of rotatable bonds is 8. The zero-order valence-corrected chi connectivity index (χ0v) is 9.57. The van der Waals surface area contributed by atoms with Gasteiger partial charge in [0.15, 0.2) is 5.70 Å². The molecule has 0 aliphatic carbocycles. The molecule has 0 heterocycles. The molecule has 7 heteroatoms. The fourth-order valence-corrected chi connectivity index (χ4v) is 0.949. The third-order valence-electron chi connectivity index (χ3n) is 1.75. The monoisotopic (exact) mass is 242 g/mol. The summed E-state index contributed by atoms with van der Waals surface area (Å²) in [7, 11) is 0. The van der Waals surface area contributed by atoms with E-state index in [1.807, 2.05) is 6.07 Å². The molecule has 0 saturated carbocycles. The molecule has 0 radical (unpaired) electrons. The zero-order valence-electron chi connectivity index (χ0n) is 9.57. The minimum Gasteiger partial charge on any atom is -0.461 e. The van der Waals surface area contributed by atoms with Crippen LogP contribution in [0.25, 0.3) is 0 Å². The van der Waals surface area contributed by atoms with E-state index in [9.17, 15) is 9.18 Å². The molecule has 0 aliphatic rings. The lowest BCUT2D eigenvalue weighted by atomic mass is 10.2. The van der Waals surface area contributed by atoms with Gasteiger partial charge >= 0.3 is 5.97 Å². The number of hydrogen-bond donors (Lipinski definition) is 2. The molecule has 0 aromatic heterocycles. The molecule has 0 saturated heterocycles. The first kappa shape index (κ1) is 15.0. The molecule has 0 bridgehead atoms. The van der Waals surface area contributed by atoms with Crippen molar-refractivity contribution in [1.29, 1.82) is 10.8 Å². The van der Waals surface area contributed by atoms with Crippen molar-refractivity contribution >= 4 is 5.97 Å². The predicted octanol–water partition coefficient (Wildman–Crippen LogP) is 1.65. The van der Waals surface area contributed by atoms with Gasteiger partial charge < -0.3 is 10.1 Å². The third kappa shape index (κ3) is 7.00. The second-order valence-electron chi connectivity index (χ2n) is 3.06. The average molecular weight is 242 g/mol. The lowest BCUT2D eigenvalue weighted by Crippen LogP contribution is -2.20. The number of hydrogen-bond acceptors (Lipinski definition) is 6. The number of esters is 1. The fraction of sp³-hybridized carbons (Fsp3) is 0.600. The second-order valence-corrected chi connectivity index (χ2v) is 3.06. The summed E-state index contributed by atoms with van der Waals surface area (Å²) in [6, 6.07) is 1.84. The van der Waals surface area contributed by atoms with Gasteiger partial charge in [0.25, 0.3) is 0 Å². The number of nitrogens with zero attached hydrogens (tertiary/aromatic N) is 2. The van der Waals surface area contributed by atoms with Gasteiger partial charge in [0.2, 0.25) is 0 Å². The van der Waals surface area contributed by atoms with Crippen molar-refractivity contribution in [3.8, 4) is 6.07 Å². The van der Waals surface area contributed by atoms with E-state index in [1.165, 1.54) is 0 Å². The van der Waals surface area contributed by atoms with Crippen LogP contribution in [-0.2, 0) is 9.53 Å². The van der Waals surface area contributed by atoms with Crippen molar-refractivity contribution in [2.24, 2.45) is 5.11 Å². The number of carbonyl (C=O) groups is 1. The Balaban J connectivity index is 4.07. The van der Waals surface area contributed by atoms with Crippen molar-refractivity contribution in [2.45, 2.75) is 25.9 Å². The van der Waals surface area contributed by atoms with Crippen LogP contribution in [0.15, 0.2) is 17.0 Å². The molecule has 0 aromatic rings. The number of carbonyl (C=O) groups excluding carboxylic acids is 1. The maximum Gasteiger partial charge on any atom is 0.360 e. The number of alkyl halides is 1. The van der Waals surface area contributed by atoms with Gasteiger partial charge in [-0.25, -0.2) is 14.7 Å². The quantitative estimate of drug-likeness (QED) is 0.384. The van der Waals surface area contributed by atoms with Gasteiger partial charge in [0.1, 0.15) is 6.17 Å². The summed E-state index contributed by atoms with van der Waals surface area (Å²) in [5, 5.41) is 13.7. The van der Waals surface area contributed by atoms with Gasteiger partial charge in [-0.3, -0.25) is 0 Å². The molecular formula is C10H15FN4O2. The summed E-state index contributed by atoms with van der Waals surface area (Å²) in [5.41, 5.74) is 6.52. The maximum absolute atomic E-state index is 13.1. The standard InChI is InChI=1S/C10H15FN4O2/c1-2-17-10(16)9(15-13)7-14-6-8(11)4-3-5-12/h7-8,13-14H,2-4,6H2,1H3/b9-7-,15-13?. The maximum atomic E-state index is 13.1. The lowest BCUT2D eigenvalue weighted by Gasteiger charge is -2.06. The molecule has 0 aromatic carbocycles. The molecule has 17 heavy (non-hydrogen) atoms. The fourth-order valence-electron chi connectivity index (χ4n) is 0.949. The van der Waals surface area contributed by atoms with E-state index in [0.29, 0.717) is 0 Å². The zero-order chi connectivity index (χ0) is 13.1. The third-order valence-corrected chi connectivity index (χ3v) is 1.75. The Morgan fingerprint density at radius 2 is 2.47 bits per heavy atom. The molecule has 2 N–H and O–H groups in total.